The van der Waals surface area contributed by atoms with Crippen molar-refractivity contribution in [3.8, 4) is 11.3 Å². The van der Waals surface area contributed by atoms with Gasteiger partial charge in [-0.15, -0.1) is 11.3 Å². The zero-order valence-electron chi connectivity index (χ0n) is 11.6. The molecule has 0 fully saturated rings. The molecule has 0 amide bonds. The molecule has 0 spiro atoms. The van der Waals surface area contributed by atoms with Gasteiger partial charge in [0, 0.05) is 17.4 Å². The van der Waals surface area contributed by atoms with Gasteiger partial charge in [0.05, 0.1) is 16.2 Å². The van der Waals surface area contributed by atoms with Crippen LogP contribution in [-0.4, -0.2) is 9.97 Å². The molecule has 0 radical (unpaired) electrons. The SMILES string of the molecule is O=c1[nH]c2ccc(-c3csc(Cc4ccccc4)n3)cc2o1. The van der Waals surface area contributed by atoms with Gasteiger partial charge in [0.15, 0.2) is 5.58 Å². The maximum Gasteiger partial charge on any atom is 0.417 e. The Morgan fingerprint density at radius 3 is 2.86 bits per heavy atom. The van der Waals surface area contributed by atoms with Crippen LogP contribution in [0.15, 0.2) is 63.1 Å². The molecule has 0 aliphatic rings. The van der Waals surface area contributed by atoms with E-state index in [0.29, 0.717) is 11.1 Å². The molecule has 0 saturated carbocycles. The first-order chi connectivity index (χ1) is 10.8. The first kappa shape index (κ1) is 13.0. The Bertz CT molecular complexity index is 982. The van der Waals surface area contributed by atoms with Gasteiger partial charge in [-0.1, -0.05) is 36.4 Å². The largest absolute Gasteiger partial charge is 0.417 e. The molecular weight excluding hydrogens is 296 g/mol. The van der Waals surface area contributed by atoms with Crippen LogP contribution in [0.3, 0.4) is 0 Å². The van der Waals surface area contributed by atoms with Gasteiger partial charge in [-0.05, 0) is 17.7 Å². The molecule has 0 bridgehead atoms. The lowest BCUT2D eigenvalue weighted by Gasteiger charge is -1.97. The van der Waals surface area contributed by atoms with Crippen LogP contribution in [0.2, 0.25) is 0 Å². The number of nitrogens with one attached hydrogen (secondary N) is 1. The van der Waals surface area contributed by atoms with Gasteiger partial charge in [-0.25, -0.2) is 9.78 Å². The third kappa shape index (κ3) is 2.46. The molecule has 2 aromatic carbocycles. The van der Waals surface area contributed by atoms with Crippen molar-refractivity contribution in [3.63, 3.8) is 0 Å². The minimum Gasteiger partial charge on any atom is -0.408 e. The van der Waals surface area contributed by atoms with Crippen molar-refractivity contribution in [3.05, 3.63) is 75.0 Å². The van der Waals surface area contributed by atoms with Crippen LogP contribution >= 0.6 is 11.3 Å². The highest BCUT2D eigenvalue weighted by Gasteiger charge is 2.08. The van der Waals surface area contributed by atoms with E-state index < -0.39 is 5.76 Å². The Labute approximate surface area is 130 Å². The molecule has 22 heavy (non-hydrogen) atoms. The maximum atomic E-state index is 11.2. The van der Waals surface area contributed by atoms with Crippen LogP contribution in [0.1, 0.15) is 10.6 Å². The van der Waals surface area contributed by atoms with Crippen LogP contribution in [0, 0.1) is 0 Å². The molecule has 5 heteroatoms. The van der Waals surface area contributed by atoms with Gasteiger partial charge >= 0.3 is 5.76 Å². The smallest absolute Gasteiger partial charge is 0.408 e. The summed E-state index contributed by atoms with van der Waals surface area (Å²) in [5.74, 6) is -0.435. The topological polar surface area (TPSA) is 58.9 Å². The van der Waals surface area contributed by atoms with Crippen LogP contribution in [-0.2, 0) is 6.42 Å². The normalized spacial score (nSPS) is 11.1. The molecule has 4 rings (SSSR count). The van der Waals surface area contributed by atoms with E-state index in [9.17, 15) is 4.79 Å². The summed E-state index contributed by atoms with van der Waals surface area (Å²) in [6.45, 7) is 0. The summed E-state index contributed by atoms with van der Waals surface area (Å²) in [6.07, 6.45) is 0.826. The zero-order chi connectivity index (χ0) is 14.9. The lowest BCUT2D eigenvalue weighted by Crippen LogP contribution is -1.92. The summed E-state index contributed by atoms with van der Waals surface area (Å²) in [4.78, 5) is 18.5. The highest BCUT2D eigenvalue weighted by molar-refractivity contribution is 7.10. The third-order valence-electron chi connectivity index (χ3n) is 3.47. The molecular formula is C17H12N2O2S. The van der Waals surface area contributed by atoms with Crippen molar-refractivity contribution >= 4 is 22.4 Å². The lowest BCUT2D eigenvalue weighted by molar-refractivity contribution is 0.555. The average molecular weight is 308 g/mol. The lowest BCUT2D eigenvalue weighted by atomic mass is 10.1. The van der Waals surface area contributed by atoms with E-state index >= 15 is 0 Å². The van der Waals surface area contributed by atoms with Crippen LogP contribution < -0.4 is 5.76 Å². The predicted molar refractivity (Wildman–Crippen MR) is 87.2 cm³/mol. The summed E-state index contributed by atoms with van der Waals surface area (Å²) < 4.78 is 5.10. The molecule has 0 aliphatic heterocycles. The second kappa shape index (κ2) is 5.27. The number of hydrogen-bond donors (Lipinski definition) is 1. The van der Waals surface area contributed by atoms with E-state index in [0.717, 1.165) is 22.7 Å². The van der Waals surface area contributed by atoms with Gasteiger partial charge in [0.1, 0.15) is 0 Å². The number of H-pyrrole nitrogens is 1. The molecule has 0 saturated heterocycles. The highest BCUT2D eigenvalue weighted by Crippen LogP contribution is 2.25. The molecule has 2 aromatic heterocycles. The van der Waals surface area contributed by atoms with Crippen LogP contribution in [0.25, 0.3) is 22.4 Å². The fourth-order valence-corrected chi connectivity index (χ4v) is 3.24. The molecule has 0 atom stereocenters. The summed E-state index contributed by atoms with van der Waals surface area (Å²) in [5, 5.41) is 3.10. The fraction of sp³-hybridized carbons (Fsp3) is 0.0588. The van der Waals surface area contributed by atoms with E-state index in [4.69, 9.17) is 4.42 Å². The van der Waals surface area contributed by atoms with Gasteiger partial charge in [-0.3, -0.25) is 4.98 Å². The number of oxazole rings is 1. The number of aromatic amines is 1. The van der Waals surface area contributed by atoms with Crippen LogP contribution in [0.4, 0.5) is 0 Å². The van der Waals surface area contributed by atoms with Crippen molar-refractivity contribution < 1.29 is 4.42 Å². The Kier molecular flexibility index (Phi) is 3.12. The molecule has 1 N–H and O–H groups in total. The molecule has 108 valence electrons. The zero-order valence-corrected chi connectivity index (χ0v) is 12.4. The highest BCUT2D eigenvalue weighted by atomic mass is 32.1. The van der Waals surface area contributed by atoms with Gasteiger partial charge in [0.2, 0.25) is 0 Å². The van der Waals surface area contributed by atoms with Crippen molar-refractivity contribution in [2.75, 3.05) is 0 Å². The predicted octanol–water partition coefficient (Wildman–Crippen LogP) is 3.84. The van der Waals surface area contributed by atoms with Gasteiger partial charge in [0.25, 0.3) is 0 Å². The van der Waals surface area contributed by atoms with Crippen molar-refractivity contribution in [2.24, 2.45) is 0 Å². The quantitative estimate of drug-likeness (QED) is 0.625. The van der Waals surface area contributed by atoms with Crippen molar-refractivity contribution in [1.29, 1.82) is 0 Å². The van der Waals surface area contributed by atoms with E-state index in [-0.39, 0.29) is 0 Å². The van der Waals surface area contributed by atoms with E-state index in [1.807, 2.05) is 41.8 Å². The Morgan fingerprint density at radius 1 is 1.14 bits per heavy atom. The fourth-order valence-electron chi connectivity index (χ4n) is 2.40. The van der Waals surface area contributed by atoms with Crippen LogP contribution in [0.5, 0.6) is 0 Å². The Morgan fingerprint density at radius 2 is 2.00 bits per heavy atom. The molecule has 0 aliphatic carbocycles. The number of benzene rings is 2. The number of rotatable bonds is 3. The average Bonchev–Trinajstić information content (AvgIpc) is 3.13. The van der Waals surface area contributed by atoms with E-state index in [1.54, 1.807) is 11.3 Å². The molecule has 2 heterocycles. The van der Waals surface area contributed by atoms with Gasteiger partial charge < -0.3 is 4.42 Å². The first-order valence-corrected chi connectivity index (χ1v) is 7.77. The van der Waals surface area contributed by atoms with Gasteiger partial charge in [-0.2, -0.15) is 0 Å². The minimum absolute atomic E-state index is 0.435. The Balaban J connectivity index is 1.66. The van der Waals surface area contributed by atoms with E-state index in [1.165, 1.54) is 5.56 Å². The summed E-state index contributed by atoms with van der Waals surface area (Å²) >= 11 is 1.64. The van der Waals surface area contributed by atoms with E-state index in [2.05, 4.69) is 22.1 Å². The molecule has 0 unspecified atom stereocenters. The second-order valence-electron chi connectivity index (χ2n) is 5.01. The standard InChI is InChI=1S/C17H12N2O2S/c20-17-19-13-7-6-12(9-15(13)21-17)14-10-22-16(18-14)8-11-4-2-1-3-5-11/h1-7,9-10H,8H2,(H,19,20). The molecule has 4 nitrogen and oxygen atoms in total. The number of fused-ring (bicyclic) bond motifs is 1. The minimum atomic E-state index is -0.435. The molecule has 4 aromatic rings. The van der Waals surface area contributed by atoms with Crippen molar-refractivity contribution in [1.82, 2.24) is 9.97 Å². The number of hydrogen-bond acceptors (Lipinski definition) is 4. The number of thiazole rings is 1. The van der Waals surface area contributed by atoms with Crippen molar-refractivity contribution in [2.45, 2.75) is 6.42 Å². The summed E-state index contributed by atoms with van der Waals surface area (Å²) in [6, 6.07) is 15.9. The monoisotopic (exact) mass is 308 g/mol. The summed E-state index contributed by atoms with van der Waals surface area (Å²) in [7, 11) is 0. The number of nitrogens with zero attached hydrogens (tertiary/aromatic N) is 1. The number of aromatic nitrogens is 2. The maximum absolute atomic E-state index is 11.2. The second-order valence-corrected chi connectivity index (χ2v) is 5.96. The summed E-state index contributed by atoms with van der Waals surface area (Å²) in [5.41, 5.74) is 4.36. The third-order valence-corrected chi connectivity index (χ3v) is 4.32. The first-order valence-electron chi connectivity index (χ1n) is 6.89. The Hall–Kier alpha value is -2.66.